The Kier molecular flexibility index (Phi) is 3.58. The second-order valence-electron chi connectivity index (χ2n) is 6.27. The maximum Gasteiger partial charge on any atom is 0.141 e. The average Bonchev–Trinajstić information content (AvgIpc) is 2.93. The zero-order valence-corrected chi connectivity index (χ0v) is 14.1. The first-order chi connectivity index (χ1) is 11.6. The highest BCUT2D eigenvalue weighted by atomic mass is 16.5. The van der Waals surface area contributed by atoms with Crippen molar-refractivity contribution in [2.24, 2.45) is 0 Å². The van der Waals surface area contributed by atoms with Crippen molar-refractivity contribution in [2.45, 2.75) is 19.9 Å². The first kappa shape index (κ1) is 14.9. The molecule has 3 heterocycles. The Bertz CT molecular complexity index is 853. The van der Waals surface area contributed by atoms with Crippen molar-refractivity contribution in [1.29, 1.82) is 0 Å². The van der Waals surface area contributed by atoms with Crippen LogP contribution in [0.15, 0.2) is 47.1 Å². The number of pyridine rings is 1. The third-order valence-electron chi connectivity index (χ3n) is 4.59. The summed E-state index contributed by atoms with van der Waals surface area (Å²) in [6, 6.07) is 12.9. The highest BCUT2D eigenvalue weighted by Crippen LogP contribution is 2.38. The molecule has 0 bridgehead atoms. The standard InChI is InChI=1S/C19H20N4O/c1-12-17(13(2)24-22-12)15-9-16-18(14-7-5-4-6-8-14)23(3)11-21-19(16)20-10-15/h4-10,18H,11H2,1-3H3,(H,20,21). The number of aryl methyl sites for hydroxylation is 2. The molecule has 0 aliphatic carbocycles. The fourth-order valence-electron chi connectivity index (χ4n) is 3.47. The number of nitrogens with zero attached hydrogens (tertiary/aromatic N) is 3. The molecule has 5 nitrogen and oxygen atoms in total. The van der Waals surface area contributed by atoms with Gasteiger partial charge in [-0.3, -0.25) is 4.90 Å². The van der Waals surface area contributed by atoms with E-state index in [0.29, 0.717) is 0 Å². The van der Waals surface area contributed by atoms with Crippen LogP contribution in [0.4, 0.5) is 5.82 Å². The maximum atomic E-state index is 5.32. The van der Waals surface area contributed by atoms with Crippen LogP contribution in [0, 0.1) is 13.8 Å². The first-order valence-corrected chi connectivity index (χ1v) is 8.07. The predicted octanol–water partition coefficient (Wildman–Crippen LogP) is 3.76. The summed E-state index contributed by atoms with van der Waals surface area (Å²) in [5.41, 5.74) is 5.41. The Labute approximate surface area is 141 Å². The molecular weight excluding hydrogens is 300 g/mol. The van der Waals surface area contributed by atoms with E-state index >= 15 is 0 Å². The monoisotopic (exact) mass is 320 g/mol. The summed E-state index contributed by atoms with van der Waals surface area (Å²) in [4.78, 5) is 6.95. The molecular formula is C19H20N4O. The Balaban J connectivity index is 1.86. The van der Waals surface area contributed by atoms with E-state index < -0.39 is 0 Å². The Morgan fingerprint density at radius 3 is 2.71 bits per heavy atom. The number of aromatic nitrogens is 2. The Morgan fingerprint density at radius 1 is 1.21 bits per heavy atom. The van der Waals surface area contributed by atoms with Crippen LogP contribution >= 0.6 is 0 Å². The van der Waals surface area contributed by atoms with E-state index in [1.165, 1.54) is 11.1 Å². The van der Waals surface area contributed by atoms with Crippen LogP contribution in [0.25, 0.3) is 11.1 Å². The fourth-order valence-corrected chi connectivity index (χ4v) is 3.47. The van der Waals surface area contributed by atoms with Gasteiger partial charge in [0.05, 0.1) is 18.4 Å². The van der Waals surface area contributed by atoms with Gasteiger partial charge in [0.25, 0.3) is 0 Å². The van der Waals surface area contributed by atoms with Gasteiger partial charge in [0.2, 0.25) is 0 Å². The largest absolute Gasteiger partial charge is 0.361 e. The third kappa shape index (κ3) is 2.37. The minimum atomic E-state index is 0.176. The van der Waals surface area contributed by atoms with Crippen LogP contribution in [-0.2, 0) is 0 Å². The molecule has 1 aromatic carbocycles. The molecule has 1 N–H and O–H groups in total. The molecule has 0 fully saturated rings. The van der Waals surface area contributed by atoms with Crippen LogP contribution < -0.4 is 5.32 Å². The minimum absolute atomic E-state index is 0.176. The summed E-state index contributed by atoms with van der Waals surface area (Å²) < 4.78 is 5.32. The summed E-state index contributed by atoms with van der Waals surface area (Å²) in [6.45, 7) is 4.67. The molecule has 0 spiro atoms. The smallest absolute Gasteiger partial charge is 0.141 e. The number of hydrogen-bond acceptors (Lipinski definition) is 5. The summed E-state index contributed by atoms with van der Waals surface area (Å²) in [5.74, 6) is 1.76. The van der Waals surface area contributed by atoms with Gasteiger partial charge in [-0.25, -0.2) is 4.98 Å². The van der Waals surface area contributed by atoms with Gasteiger partial charge in [-0.2, -0.15) is 0 Å². The molecule has 1 aliphatic rings. The van der Waals surface area contributed by atoms with Crippen molar-refractivity contribution in [3.8, 4) is 11.1 Å². The first-order valence-electron chi connectivity index (χ1n) is 8.07. The molecule has 24 heavy (non-hydrogen) atoms. The van der Waals surface area contributed by atoms with Crippen LogP contribution in [0.1, 0.15) is 28.6 Å². The quantitative estimate of drug-likeness (QED) is 0.779. The van der Waals surface area contributed by atoms with Crippen molar-refractivity contribution < 1.29 is 4.52 Å². The van der Waals surface area contributed by atoms with Crippen LogP contribution in [0.3, 0.4) is 0 Å². The van der Waals surface area contributed by atoms with Gasteiger partial charge >= 0.3 is 0 Å². The zero-order chi connectivity index (χ0) is 16.7. The molecule has 0 saturated carbocycles. The van der Waals surface area contributed by atoms with E-state index in [9.17, 15) is 0 Å². The van der Waals surface area contributed by atoms with Crippen molar-refractivity contribution >= 4 is 5.82 Å². The molecule has 1 atom stereocenters. The van der Waals surface area contributed by atoms with Crippen molar-refractivity contribution in [3.63, 3.8) is 0 Å². The summed E-state index contributed by atoms with van der Waals surface area (Å²) in [5, 5.41) is 7.46. The molecule has 122 valence electrons. The molecule has 0 radical (unpaired) electrons. The number of anilines is 1. The van der Waals surface area contributed by atoms with Crippen LogP contribution in [0.2, 0.25) is 0 Å². The van der Waals surface area contributed by atoms with Gasteiger partial charge < -0.3 is 9.84 Å². The molecule has 0 saturated heterocycles. The maximum absolute atomic E-state index is 5.32. The van der Waals surface area contributed by atoms with Crippen molar-refractivity contribution in [1.82, 2.24) is 15.0 Å². The van der Waals surface area contributed by atoms with Gasteiger partial charge in [-0.1, -0.05) is 35.5 Å². The molecule has 2 aromatic heterocycles. The molecule has 1 aliphatic heterocycles. The van der Waals surface area contributed by atoms with Gasteiger partial charge in [0.1, 0.15) is 11.6 Å². The SMILES string of the molecule is Cc1noc(C)c1-c1cnc2c(c1)C(c1ccccc1)N(C)CN2. The third-order valence-corrected chi connectivity index (χ3v) is 4.59. The highest BCUT2D eigenvalue weighted by molar-refractivity contribution is 5.70. The Morgan fingerprint density at radius 2 is 2.00 bits per heavy atom. The lowest BCUT2D eigenvalue weighted by Crippen LogP contribution is -2.35. The fraction of sp³-hybridized carbons (Fsp3) is 0.263. The van der Waals surface area contributed by atoms with Gasteiger partial charge in [0.15, 0.2) is 0 Å². The van der Waals surface area contributed by atoms with E-state index in [4.69, 9.17) is 4.52 Å². The van der Waals surface area contributed by atoms with Crippen molar-refractivity contribution in [3.05, 3.63) is 65.2 Å². The number of nitrogens with one attached hydrogen (secondary N) is 1. The van der Waals surface area contributed by atoms with E-state index in [-0.39, 0.29) is 6.04 Å². The number of benzene rings is 1. The van der Waals surface area contributed by atoms with Gasteiger partial charge in [0, 0.05) is 22.9 Å². The number of rotatable bonds is 2. The molecule has 0 amide bonds. The predicted molar refractivity (Wildman–Crippen MR) is 93.7 cm³/mol. The topological polar surface area (TPSA) is 54.2 Å². The lowest BCUT2D eigenvalue weighted by atomic mass is 9.94. The molecule has 4 rings (SSSR count). The summed E-state index contributed by atoms with van der Waals surface area (Å²) in [7, 11) is 2.12. The highest BCUT2D eigenvalue weighted by Gasteiger charge is 2.28. The van der Waals surface area contributed by atoms with Gasteiger partial charge in [-0.15, -0.1) is 0 Å². The van der Waals surface area contributed by atoms with Crippen LogP contribution in [-0.4, -0.2) is 28.8 Å². The second kappa shape index (κ2) is 5.76. The summed E-state index contributed by atoms with van der Waals surface area (Å²) in [6.07, 6.45) is 1.89. The lowest BCUT2D eigenvalue weighted by molar-refractivity contribution is 0.287. The summed E-state index contributed by atoms with van der Waals surface area (Å²) >= 11 is 0. The number of hydrogen-bond donors (Lipinski definition) is 1. The number of fused-ring (bicyclic) bond motifs is 1. The molecule has 1 unspecified atom stereocenters. The van der Waals surface area contributed by atoms with E-state index in [0.717, 1.165) is 35.1 Å². The Hall–Kier alpha value is -2.66. The zero-order valence-electron chi connectivity index (χ0n) is 14.1. The van der Waals surface area contributed by atoms with Gasteiger partial charge in [-0.05, 0) is 32.5 Å². The lowest BCUT2D eigenvalue weighted by Gasteiger charge is -2.35. The normalized spacial score (nSPS) is 17.4. The van der Waals surface area contributed by atoms with E-state index in [2.05, 4.69) is 57.7 Å². The molecule has 5 heteroatoms. The van der Waals surface area contributed by atoms with Crippen LogP contribution in [0.5, 0.6) is 0 Å². The van der Waals surface area contributed by atoms with E-state index in [1.807, 2.05) is 26.1 Å². The van der Waals surface area contributed by atoms with E-state index in [1.54, 1.807) is 0 Å². The van der Waals surface area contributed by atoms with Crippen molar-refractivity contribution in [2.75, 3.05) is 19.0 Å². The minimum Gasteiger partial charge on any atom is -0.361 e. The molecule has 3 aromatic rings. The average molecular weight is 320 g/mol. The second-order valence-corrected chi connectivity index (χ2v) is 6.27.